The van der Waals surface area contributed by atoms with Crippen LogP contribution in [0.3, 0.4) is 0 Å². The highest BCUT2D eigenvalue weighted by molar-refractivity contribution is 6.18. The molecule has 0 aliphatic heterocycles. The van der Waals surface area contributed by atoms with E-state index in [1.165, 1.54) is 12.1 Å². The molecule has 0 saturated carbocycles. The lowest BCUT2D eigenvalue weighted by Crippen LogP contribution is -2.30. The maximum atomic E-state index is 12.3. The molecule has 0 aliphatic carbocycles. The van der Waals surface area contributed by atoms with Gasteiger partial charge in [0.1, 0.15) is 0 Å². The van der Waals surface area contributed by atoms with Crippen LogP contribution in [-0.2, 0) is 17.4 Å². The maximum absolute atomic E-state index is 12.3. The molecule has 1 aromatic carbocycles. The molecule has 1 amide bonds. The van der Waals surface area contributed by atoms with E-state index in [0.29, 0.717) is 18.0 Å². The van der Waals surface area contributed by atoms with Crippen LogP contribution in [0, 0.1) is 5.92 Å². The molecule has 1 rings (SSSR count). The predicted octanol–water partition coefficient (Wildman–Crippen LogP) is 3.24. The van der Waals surface area contributed by atoms with Crippen LogP contribution in [0.1, 0.15) is 18.1 Å². The maximum Gasteiger partial charge on any atom is 0.416 e. The number of carbonyl (C=O) groups is 1. The first-order chi connectivity index (χ1) is 8.82. The van der Waals surface area contributed by atoms with E-state index < -0.39 is 11.7 Å². The molecular weight excluding hydrogens is 279 g/mol. The van der Waals surface area contributed by atoms with Crippen molar-refractivity contribution < 1.29 is 18.0 Å². The number of halogens is 4. The van der Waals surface area contributed by atoms with Crippen LogP contribution in [0.4, 0.5) is 13.2 Å². The number of alkyl halides is 4. The first kappa shape index (κ1) is 15.8. The van der Waals surface area contributed by atoms with Crippen LogP contribution in [0.5, 0.6) is 0 Å². The van der Waals surface area contributed by atoms with Crippen LogP contribution in [0.25, 0.3) is 0 Å². The standard InChI is InChI=1S/C13H15ClF3NO/c1-9(7-14)8-18-12(19)6-10-2-4-11(5-3-10)13(15,16)17/h2-5,9H,6-8H2,1H3,(H,18,19). The molecule has 6 heteroatoms. The molecule has 1 aromatic rings. The van der Waals surface area contributed by atoms with E-state index in [4.69, 9.17) is 11.6 Å². The minimum Gasteiger partial charge on any atom is -0.356 e. The second-order valence-electron chi connectivity index (χ2n) is 4.44. The highest BCUT2D eigenvalue weighted by Crippen LogP contribution is 2.29. The van der Waals surface area contributed by atoms with Gasteiger partial charge in [0, 0.05) is 12.4 Å². The van der Waals surface area contributed by atoms with Crippen molar-refractivity contribution >= 4 is 17.5 Å². The molecule has 106 valence electrons. The zero-order valence-corrected chi connectivity index (χ0v) is 11.2. The van der Waals surface area contributed by atoms with Gasteiger partial charge in [0.2, 0.25) is 5.91 Å². The lowest BCUT2D eigenvalue weighted by Gasteiger charge is -2.10. The normalized spacial score (nSPS) is 13.1. The third kappa shape index (κ3) is 5.51. The molecule has 0 fully saturated rings. The second-order valence-corrected chi connectivity index (χ2v) is 4.74. The molecular formula is C13H15ClF3NO. The Labute approximate surface area is 114 Å². The van der Waals surface area contributed by atoms with E-state index in [2.05, 4.69) is 5.32 Å². The summed E-state index contributed by atoms with van der Waals surface area (Å²) in [5.74, 6) is 0.385. The van der Waals surface area contributed by atoms with Crippen LogP contribution in [0.2, 0.25) is 0 Å². The molecule has 2 nitrogen and oxygen atoms in total. The summed E-state index contributed by atoms with van der Waals surface area (Å²) in [6, 6.07) is 4.58. The molecule has 0 bridgehead atoms. The van der Waals surface area contributed by atoms with Crippen molar-refractivity contribution in [1.29, 1.82) is 0 Å². The third-order valence-corrected chi connectivity index (χ3v) is 3.08. The number of rotatable bonds is 5. The van der Waals surface area contributed by atoms with Crippen LogP contribution in [0.15, 0.2) is 24.3 Å². The third-order valence-electron chi connectivity index (χ3n) is 2.56. The summed E-state index contributed by atoms with van der Waals surface area (Å²) in [4.78, 5) is 11.5. The van der Waals surface area contributed by atoms with Gasteiger partial charge < -0.3 is 5.32 Å². The van der Waals surface area contributed by atoms with E-state index in [-0.39, 0.29) is 18.2 Å². The second kappa shape index (κ2) is 6.80. The van der Waals surface area contributed by atoms with Crippen molar-refractivity contribution in [2.24, 2.45) is 5.92 Å². The van der Waals surface area contributed by atoms with E-state index in [0.717, 1.165) is 12.1 Å². The fourth-order valence-electron chi connectivity index (χ4n) is 1.40. The molecule has 0 aliphatic rings. The van der Waals surface area contributed by atoms with E-state index >= 15 is 0 Å². The Morgan fingerprint density at radius 2 is 1.89 bits per heavy atom. The van der Waals surface area contributed by atoms with Gasteiger partial charge in [-0.05, 0) is 23.6 Å². The summed E-state index contributed by atoms with van der Waals surface area (Å²) in [5.41, 5.74) is -0.170. The molecule has 1 unspecified atom stereocenters. The van der Waals surface area contributed by atoms with Crippen molar-refractivity contribution in [1.82, 2.24) is 5.32 Å². The van der Waals surface area contributed by atoms with Crippen molar-refractivity contribution in [3.05, 3.63) is 35.4 Å². The smallest absolute Gasteiger partial charge is 0.356 e. The van der Waals surface area contributed by atoms with Gasteiger partial charge in [0.25, 0.3) is 0 Å². The van der Waals surface area contributed by atoms with Crippen LogP contribution >= 0.6 is 11.6 Å². The molecule has 0 heterocycles. The van der Waals surface area contributed by atoms with Gasteiger partial charge in [-0.2, -0.15) is 13.2 Å². The molecule has 0 saturated heterocycles. The molecule has 0 spiro atoms. The lowest BCUT2D eigenvalue weighted by molar-refractivity contribution is -0.137. The number of hydrogen-bond donors (Lipinski definition) is 1. The largest absolute Gasteiger partial charge is 0.416 e. The van der Waals surface area contributed by atoms with Gasteiger partial charge in [-0.1, -0.05) is 19.1 Å². The average molecular weight is 294 g/mol. The van der Waals surface area contributed by atoms with Crippen molar-refractivity contribution in [2.75, 3.05) is 12.4 Å². The van der Waals surface area contributed by atoms with Gasteiger partial charge in [-0.3, -0.25) is 4.79 Å². The summed E-state index contributed by atoms with van der Waals surface area (Å²) < 4.78 is 37.0. The predicted molar refractivity (Wildman–Crippen MR) is 68.0 cm³/mol. The summed E-state index contributed by atoms with van der Waals surface area (Å²) in [6.45, 7) is 2.36. The molecule has 1 N–H and O–H groups in total. The summed E-state index contributed by atoms with van der Waals surface area (Å²) in [6.07, 6.45) is -4.29. The fourth-order valence-corrected chi connectivity index (χ4v) is 1.51. The number of carbonyl (C=O) groups excluding carboxylic acids is 1. The minimum atomic E-state index is -4.35. The quantitative estimate of drug-likeness (QED) is 0.830. The van der Waals surface area contributed by atoms with Crippen LogP contribution < -0.4 is 5.32 Å². The number of nitrogens with one attached hydrogen (secondary N) is 1. The Hall–Kier alpha value is -1.23. The summed E-state index contributed by atoms with van der Waals surface area (Å²) in [5, 5.41) is 2.68. The Kier molecular flexibility index (Phi) is 5.66. The highest BCUT2D eigenvalue weighted by Gasteiger charge is 2.29. The Bertz CT molecular complexity index is 417. The monoisotopic (exact) mass is 293 g/mol. The number of hydrogen-bond acceptors (Lipinski definition) is 1. The lowest BCUT2D eigenvalue weighted by atomic mass is 10.1. The van der Waals surface area contributed by atoms with Crippen molar-refractivity contribution in [3.8, 4) is 0 Å². The first-order valence-corrected chi connectivity index (χ1v) is 6.35. The van der Waals surface area contributed by atoms with Gasteiger partial charge in [0.05, 0.1) is 12.0 Å². The fraction of sp³-hybridized carbons (Fsp3) is 0.462. The van der Waals surface area contributed by atoms with Crippen molar-refractivity contribution in [3.63, 3.8) is 0 Å². The van der Waals surface area contributed by atoms with E-state index in [9.17, 15) is 18.0 Å². The zero-order chi connectivity index (χ0) is 14.5. The van der Waals surface area contributed by atoms with E-state index in [1.807, 2.05) is 6.92 Å². The topological polar surface area (TPSA) is 29.1 Å². The molecule has 0 aromatic heterocycles. The van der Waals surface area contributed by atoms with Gasteiger partial charge in [-0.25, -0.2) is 0 Å². The van der Waals surface area contributed by atoms with Crippen LogP contribution in [-0.4, -0.2) is 18.3 Å². The summed E-state index contributed by atoms with van der Waals surface area (Å²) in [7, 11) is 0. The van der Waals surface area contributed by atoms with Crippen molar-refractivity contribution in [2.45, 2.75) is 19.5 Å². The molecule has 0 radical (unpaired) electrons. The highest BCUT2D eigenvalue weighted by atomic mass is 35.5. The average Bonchev–Trinajstić information content (AvgIpc) is 2.35. The van der Waals surface area contributed by atoms with E-state index in [1.54, 1.807) is 0 Å². The Morgan fingerprint density at radius 3 is 2.37 bits per heavy atom. The Morgan fingerprint density at radius 1 is 1.32 bits per heavy atom. The summed E-state index contributed by atoms with van der Waals surface area (Å²) >= 11 is 5.60. The van der Waals surface area contributed by atoms with Gasteiger partial charge >= 0.3 is 6.18 Å². The SMILES string of the molecule is CC(CCl)CNC(=O)Cc1ccc(C(F)(F)F)cc1. The van der Waals surface area contributed by atoms with Gasteiger partial charge in [0.15, 0.2) is 0 Å². The molecule has 19 heavy (non-hydrogen) atoms. The number of benzene rings is 1. The Balaban J connectivity index is 2.51. The zero-order valence-electron chi connectivity index (χ0n) is 10.4. The first-order valence-electron chi connectivity index (χ1n) is 5.81. The molecule has 1 atom stereocenters. The number of amides is 1. The minimum absolute atomic E-state index is 0.0626. The van der Waals surface area contributed by atoms with Gasteiger partial charge in [-0.15, -0.1) is 11.6 Å².